The molecule has 1 unspecified atom stereocenters. The van der Waals surface area contributed by atoms with Crippen LogP contribution >= 0.6 is 0 Å². The van der Waals surface area contributed by atoms with Crippen LogP contribution in [-0.4, -0.2) is 10.3 Å². The van der Waals surface area contributed by atoms with Crippen molar-refractivity contribution < 1.29 is 12.6 Å². The standard InChI is InChI=1S/C15H14O3S/c1-12-15(18-19(16)17-12,13-8-4-2-5-9-13)14-10-6-3-7-11-14/h2-12H,1H3/t12?,19-/m1/s1. The minimum absolute atomic E-state index is 0.321. The van der Waals surface area contributed by atoms with Gasteiger partial charge in [-0.3, -0.25) is 4.18 Å². The molecule has 1 heterocycles. The molecule has 2 aromatic carbocycles. The topological polar surface area (TPSA) is 35.5 Å². The highest BCUT2D eigenvalue weighted by molar-refractivity contribution is 7.75. The van der Waals surface area contributed by atoms with Gasteiger partial charge in [-0.25, -0.2) is 4.18 Å². The Morgan fingerprint density at radius 3 is 1.79 bits per heavy atom. The Morgan fingerprint density at radius 1 is 0.947 bits per heavy atom. The third-order valence-electron chi connectivity index (χ3n) is 3.40. The Kier molecular flexibility index (Phi) is 3.22. The SMILES string of the molecule is CC1O[S@@](=O)OC1(c1ccccc1)c1ccccc1. The van der Waals surface area contributed by atoms with Gasteiger partial charge in [-0.2, -0.15) is 4.21 Å². The molecule has 2 atom stereocenters. The Hall–Kier alpha value is -1.49. The van der Waals surface area contributed by atoms with Crippen molar-refractivity contribution >= 4 is 11.4 Å². The molecule has 0 aromatic heterocycles. The molecular weight excluding hydrogens is 260 g/mol. The maximum Gasteiger partial charge on any atom is 0.306 e. The van der Waals surface area contributed by atoms with Gasteiger partial charge in [-0.05, 0) is 18.1 Å². The average molecular weight is 274 g/mol. The Morgan fingerprint density at radius 2 is 1.42 bits per heavy atom. The molecule has 0 spiro atoms. The summed E-state index contributed by atoms with van der Waals surface area (Å²) in [6.45, 7) is 1.88. The van der Waals surface area contributed by atoms with Crippen LogP contribution in [0, 0.1) is 0 Å². The van der Waals surface area contributed by atoms with Gasteiger partial charge in [0.15, 0.2) is 5.60 Å². The lowest BCUT2D eigenvalue weighted by Gasteiger charge is -2.30. The zero-order valence-corrected chi connectivity index (χ0v) is 11.3. The Balaban J connectivity index is 2.20. The smallest absolute Gasteiger partial charge is 0.262 e. The van der Waals surface area contributed by atoms with Crippen LogP contribution in [0.5, 0.6) is 0 Å². The van der Waals surface area contributed by atoms with Crippen molar-refractivity contribution in [1.29, 1.82) is 0 Å². The lowest BCUT2D eigenvalue weighted by atomic mass is 9.82. The van der Waals surface area contributed by atoms with Crippen molar-refractivity contribution in [3.8, 4) is 0 Å². The molecule has 98 valence electrons. The molecule has 1 aliphatic rings. The van der Waals surface area contributed by atoms with E-state index in [-0.39, 0.29) is 6.10 Å². The first-order chi connectivity index (χ1) is 9.23. The summed E-state index contributed by atoms with van der Waals surface area (Å²) in [5.41, 5.74) is 1.08. The third kappa shape index (κ3) is 2.02. The summed E-state index contributed by atoms with van der Waals surface area (Å²) >= 11 is -1.72. The van der Waals surface area contributed by atoms with E-state index in [1.54, 1.807) is 0 Å². The van der Waals surface area contributed by atoms with Crippen LogP contribution in [0.25, 0.3) is 0 Å². The number of hydrogen-bond acceptors (Lipinski definition) is 3. The fraction of sp³-hybridized carbons (Fsp3) is 0.200. The quantitative estimate of drug-likeness (QED) is 0.844. The molecule has 0 bridgehead atoms. The van der Waals surface area contributed by atoms with Crippen molar-refractivity contribution in [1.82, 2.24) is 0 Å². The zero-order chi connectivity index (χ0) is 13.3. The second-order valence-electron chi connectivity index (χ2n) is 4.49. The van der Waals surface area contributed by atoms with Crippen LogP contribution in [0.1, 0.15) is 18.1 Å². The lowest BCUT2D eigenvalue weighted by molar-refractivity contribution is 0.0859. The van der Waals surface area contributed by atoms with E-state index >= 15 is 0 Å². The number of hydrogen-bond donors (Lipinski definition) is 0. The summed E-state index contributed by atoms with van der Waals surface area (Å²) in [4.78, 5) is 0. The molecule has 19 heavy (non-hydrogen) atoms. The highest BCUT2D eigenvalue weighted by Crippen LogP contribution is 2.43. The van der Waals surface area contributed by atoms with Crippen molar-refractivity contribution in [2.75, 3.05) is 0 Å². The summed E-state index contributed by atoms with van der Waals surface area (Å²) in [6.07, 6.45) is -0.321. The average Bonchev–Trinajstić information content (AvgIpc) is 2.76. The van der Waals surface area contributed by atoms with Crippen LogP contribution < -0.4 is 0 Å². The normalized spacial score (nSPS) is 25.3. The van der Waals surface area contributed by atoms with Gasteiger partial charge in [0.1, 0.15) is 6.10 Å². The van der Waals surface area contributed by atoms with Crippen LogP contribution in [0.4, 0.5) is 0 Å². The molecule has 0 radical (unpaired) electrons. The van der Waals surface area contributed by atoms with E-state index in [4.69, 9.17) is 8.37 Å². The molecule has 0 N–H and O–H groups in total. The van der Waals surface area contributed by atoms with E-state index in [1.807, 2.05) is 67.6 Å². The van der Waals surface area contributed by atoms with Crippen LogP contribution in [0.2, 0.25) is 0 Å². The summed E-state index contributed by atoms with van der Waals surface area (Å²) in [5.74, 6) is 0. The first-order valence-corrected chi connectivity index (χ1v) is 7.13. The van der Waals surface area contributed by atoms with Crippen molar-refractivity contribution in [2.45, 2.75) is 18.6 Å². The summed E-state index contributed by atoms with van der Waals surface area (Å²) < 4.78 is 22.7. The van der Waals surface area contributed by atoms with Gasteiger partial charge >= 0.3 is 11.4 Å². The van der Waals surface area contributed by atoms with Gasteiger partial charge < -0.3 is 0 Å². The molecule has 2 aromatic rings. The van der Waals surface area contributed by atoms with Crippen LogP contribution in [-0.2, 0) is 25.3 Å². The summed E-state index contributed by atoms with van der Waals surface area (Å²) in [5, 5.41) is 0. The van der Waals surface area contributed by atoms with Crippen molar-refractivity contribution in [3.63, 3.8) is 0 Å². The molecule has 3 rings (SSSR count). The van der Waals surface area contributed by atoms with Gasteiger partial charge in [-0.15, -0.1) is 0 Å². The first-order valence-electron chi connectivity index (χ1n) is 6.13. The van der Waals surface area contributed by atoms with Crippen molar-refractivity contribution in [3.05, 3.63) is 71.8 Å². The zero-order valence-electron chi connectivity index (χ0n) is 10.5. The van der Waals surface area contributed by atoms with E-state index in [1.165, 1.54) is 0 Å². The number of benzene rings is 2. The van der Waals surface area contributed by atoms with Crippen LogP contribution in [0.3, 0.4) is 0 Å². The Bertz CT molecular complexity index is 543. The highest BCUT2D eigenvalue weighted by atomic mass is 32.2. The van der Waals surface area contributed by atoms with E-state index in [2.05, 4.69) is 0 Å². The minimum atomic E-state index is -1.72. The molecular formula is C15H14O3S. The van der Waals surface area contributed by atoms with Gasteiger partial charge in [0.05, 0.1) is 0 Å². The van der Waals surface area contributed by atoms with Gasteiger partial charge in [0.2, 0.25) is 0 Å². The van der Waals surface area contributed by atoms with Gasteiger partial charge in [0, 0.05) is 0 Å². The predicted molar refractivity (Wildman–Crippen MR) is 73.4 cm³/mol. The van der Waals surface area contributed by atoms with Crippen molar-refractivity contribution in [2.24, 2.45) is 0 Å². The van der Waals surface area contributed by atoms with Gasteiger partial charge in [-0.1, -0.05) is 60.7 Å². The second-order valence-corrected chi connectivity index (χ2v) is 5.26. The fourth-order valence-electron chi connectivity index (χ4n) is 2.48. The number of rotatable bonds is 2. The maximum absolute atomic E-state index is 11.7. The molecule has 1 saturated heterocycles. The monoisotopic (exact) mass is 274 g/mol. The van der Waals surface area contributed by atoms with E-state index in [0.717, 1.165) is 11.1 Å². The molecule has 0 aliphatic carbocycles. The molecule has 1 aliphatic heterocycles. The third-order valence-corrected chi connectivity index (χ3v) is 4.24. The van der Waals surface area contributed by atoms with Crippen LogP contribution in [0.15, 0.2) is 60.7 Å². The van der Waals surface area contributed by atoms with E-state index < -0.39 is 17.0 Å². The highest BCUT2D eigenvalue weighted by Gasteiger charge is 2.50. The lowest BCUT2D eigenvalue weighted by Crippen LogP contribution is -2.36. The predicted octanol–water partition coefficient (Wildman–Crippen LogP) is 2.94. The fourth-order valence-corrected chi connectivity index (χ4v) is 3.44. The Labute approximate surface area is 115 Å². The molecule has 4 heteroatoms. The molecule has 0 saturated carbocycles. The van der Waals surface area contributed by atoms with Gasteiger partial charge in [0.25, 0.3) is 0 Å². The molecule has 0 amide bonds. The maximum atomic E-state index is 11.7. The summed E-state index contributed by atoms with van der Waals surface area (Å²) in [7, 11) is 0. The largest absolute Gasteiger partial charge is 0.306 e. The first kappa shape index (κ1) is 12.5. The molecule has 1 fully saturated rings. The molecule has 3 nitrogen and oxygen atoms in total. The van der Waals surface area contributed by atoms with E-state index in [9.17, 15) is 4.21 Å². The second kappa shape index (κ2) is 4.89. The minimum Gasteiger partial charge on any atom is -0.262 e. The summed E-state index contributed by atoms with van der Waals surface area (Å²) in [6, 6.07) is 19.5. The van der Waals surface area contributed by atoms with E-state index in [0.29, 0.717) is 0 Å².